The van der Waals surface area contributed by atoms with Crippen LogP contribution in [0.2, 0.25) is 0 Å². The number of hydrogen-bond acceptors (Lipinski definition) is 8. The number of anilines is 1. The van der Waals surface area contributed by atoms with E-state index in [9.17, 15) is 9.59 Å². The van der Waals surface area contributed by atoms with Crippen molar-refractivity contribution < 1.29 is 19.1 Å². The first-order chi connectivity index (χ1) is 18.0. The minimum absolute atomic E-state index is 0.0378. The van der Waals surface area contributed by atoms with Gasteiger partial charge in [-0.25, -0.2) is 19.3 Å². The Morgan fingerprint density at radius 1 is 1.08 bits per heavy atom. The predicted molar refractivity (Wildman–Crippen MR) is 135 cm³/mol. The largest absolute Gasteiger partial charge is 0.474 e. The molecule has 6 rings (SSSR count). The third-order valence-electron chi connectivity index (χ3n) is 7.09. The van der Waals surface area contributed by atoms with Gasteiger partial charge in [-0.2, -0.15) is 5.10 Å². The van der Waals surface area contributed by atoms with Crippen LogP contribution in [0, 0.1) is 0 Å². The summed E-state index contributed by atoms with van der Waals surface area (Å²) < 4.78 is 13.4. The van der Waals surface area contributed by atoms with E-state index < -0.39 is 0 Å². The molecule has 2 amide bonds. The lowest BCUT2D eigenvalue weighted by molar-refractivity contribution is -0.129. The highest BCUT2D eigenvalue weighted by atomic mass is 16.6. The van der Waals surface area contributed by atoms with E-state index in [1.165, 1.54) is 0 Å². The number of hydrogen-bond donors (Lipinski definition) is 0. The Morgan fingerprint density at radius 3 is 2.62 bits per heavy atom. The molecule has 37 heavy (non-hydrogen) atoms. The number of pyridine rings is 1. The van der Waals surface area contributed by atoms with E-state index >= 15 is 0 Å². The number of ether oxygens (including phenoxy) is 2. The minimum Gasteiger partial charge on any atom is -0.474 e. The van der Waals surface area contributed by atoms with Gasteiger partial charge in [0.2, 0.25) is 11.8 Å². The Bertz CT molecular complexity index is 1310. The van der Waals surface area contributed by atoms with Crippen LogP contribution in [0.15, 0.2) is 36.8 Å². The number of carbonyl (C=O) groups excluding carboxylic acids is 2. The molecule has 1 saturated carbocycles. The fraction of sp³-hybridized carbons (Fsp3) is 0.500. The van der Waals surface area contributed by atoms with E-state index in [0.717, 1.165) is 35.4 Å². The van der Waals surface area contributed by atoms with Gasteiger partial charge >= 0.3 is 6.09 Å². The minimum atomic E-state index is -0.383. The highest BCUT2D eigenvalue weighted by Crippen LogP contribution is 2.35. The third kappa shape index (κ3) is 4.77. The van der Waals surface area contributed by atoms with Gasteiger partial charge in [-0.05, 0) is 44.9 Å². The van der Waals surface area contributed by atoms with E-state index in [4.69, 9.17) is 14.5 Å². The number of piperazine rings is 1. The normalized spacial score (nSPS) is 20.2. The van der Waals surface area contributed by atoms with Crippen molar-refractivity contribution in [1.82, 2.24) is 29.4 Å². The second kappa shape index (κ2) is 9.53. The number of fused-ring (bicyclic) bond motifs is 1. The molecule has 5 heterocycles. The lowest BCUT2D eigenvalue weighted by Crippen LogP contribution is -2.50. The molecular formula is C26H31N7O4. The Labute approximate surface area is 215 Å². The van der Waals surface area contributed by atoms with Crippen LogP contribution in [-0.2, 0) is 9.53 Å². The smallest absolute Gasteiger partial charge is 0.410 e. The Balaban J connectivity index is 1.12. The van der Waals surface area contributed by atoms with Gasteiger partial charge in [0, 0.05) is 50.2 Å². The predicted octanol–water partition coefficient (Wildman–Crippen LogP) is 2.60. The van der Waals surface area contributed by atoms with Crippen LogP contribution in [0.4, 0.5) is 10.6 Å². The van der Waals surface area contributed by atoms with Crippen LogP contribution in [-0.4, -0.2) is 92.4 Å². The van der Waals surface area contributed by atoms with Crippen molar-refractivity contribution in [2.75, 3.05) is 37.6 Å². The van der Waals surface area contributed by atoms with Crippen molar-refractivity contribution in [1.29, 1.82) is 0 Å². The standard InChI is InChI=1S/C26H31N7O4/c1-17(2)32-16-19(14-23(32)34)37-26(35)31-12-10-30(11-13-31)22-7-9-33-24(29-22)21(15-28-33)20-4-3-8-27-25(20)36-18-5-6-18/h3-4,7-9,15,17-19H,5-6,10-14,16H2,1-2H3/t19-/m1/s1. The number of rotatable bonds is 6. The molecule has 11 heteroatoms. The molecule has 0 aromatic carbocycles. The molecule has 0 N–H and O–H groups in total. The molecule has 3 fully saturated rings. The molecule has 2 aliphatic heterocycles. The number of amides is 2. The Kier molecular flexibility index (Phi) is 6.05. The summed E-state index contributed by atoms with van der Waals surface area (Å²) in [5.74, 6) is 1.47. The van der Waals surface area contributed by atoms with E-state index in [-0.39, 0.29) is 36.7 Å². The van der Waals surface area contributed by atoms with Crippen LogP contribution >= 0.6 is 0 Å². The number of nitrogens with zero attached hydrogens (tertiary/aromatic N) is 7. The SMILES string of the molecule is CC(C)N1C[C@H](OC(=O)N2CCN(c3ccn4ncc(-c5cccnc5OC5CC5)c4n3)CC2)CC1=O. The third-order valence-corrected chi connectivity index (χ3v) is 7.09. The molecule has 3 aromatic rings. The molecule has 1 atom stereocenters. The van der Waals surface area contributed by atoms with Gasteiger partial charge in [-0.3, -0.25) is 4.79 Å². The zero-order valence-electron chi connectivity index (χ0n) is 21.1. The Hall–Kier alpha value is -3.89. The highest BCUT2D eigenvalue weighted by Gasteiger charge is 2.35. The molecule has 0 spiro atoms. The molecule has 2 saturated heterocycles. The van der Waals surface area contributed by atoms with Gasteiger partial charge in [-0.1, -0.05) is 0 Å². The second-order valence-corrected chi connectivity index (χ2v) is 10.1. The molecule has 0 bridgehead atoms. The maximum atomic E-state index is 12.7. The van der Waals surface area contributed by atoms with Gasteiger partial charge in [-0.15, -0.1) is 0 Å². The van der Waals surface area contributed by atoms with Crippen LogP contribution in [0.5, 0.6) is 5.88 Å². The van der Waals surface area contributed by atoms with Crippen molar-refractivity contribution in [2.24, 2.45) is 0 Å². The first-order valence-corrected chi connectivity index (χ1v) is 12.9. The van der Waals surface area contributed by atoms with Gasteiger partial charge in [0.1, 0.15) is 18.0 Å². The van der Waals surface area contributed by atoms with Crippen LogP contribution in [0.3, 0.4) is 0 Å². The monoisotopic (exact) mass is 505 g/mol. The van der Waals surface area contributed by atoms with Crippen LogP contribution in [0.25, 0.3) is 16.8 Å². The maximum absolute atomic E-state index is 12.7. The van der Waals surface area contributed by atoms with E-state index in [1.807, 2.05) is 38.2 Å². The topological polar surface area (TPSA) is 105 Å². The summed E-state index contributed by atoms with van der Waals surface area (Å²) in [5, 5.41) is 4.48. The average Bonchev–Trinajstić information content (AvgIpc) is 3.49. The first kappa shape index (κ1) is 23.5. The Morgan fingerprint density at radius 2 is 1.89 bits per heavy atom. The zero-order valence-corrected chi connectivity index (χ0v) is 21.1. The molecule has 1 aliphatic carbocycles. The quantitative estimate of drug-likeness (QED) is 0.504. The first-order valence-electron chi connectivity index (χ1n) is 12.9. The van der Waals surface area contributed by atoms with Crippen molar-refractivity contribution in [3.63, 3.8) is 0 Å². The summed E-state index contributed by atoms with van der Waals surface area (Å²) in [7, 11) is 0. The van der Waals surface area contributed by atoms with Gasteiger partial charge in [0.05, 0.1) is 24.7 Å². The molecule has 11 nitrogen and oxygen atoms in total. The lowest BCUT2D eigenvalue weighted by Gasteiger charge is -2.35. The number of aromatic nitrogens is 4. The molecule has 0 unspecified atom stereocenters. The van der Waals surface area contributed by atoms with Gasteiger partial charge < -0.3 is 24.2 Å². The van der Waals surface area contributed by atoms with E-state index in [2.05, 4.69) is 15.0 Å². The summed E-state index contributed by atoms with van der Waals surface area (Å²) in [6.45, 7) is 6.71. The summed E-state index contributed by atoms with van der Waals surface area (Å²) in [5.41, 5.74) is 2.48. The van der Waals surface area contributed by atoms with Crippen LogP contribution < -0.4 is 9.64 Å². The second-order valence-electron chi connectivity index (χ2n) is 10.1. The molecule has 0 radical (unpaired) electrons. The zero-order chi connectivity index (χ0) is 25.5. The highest BCUT2D eigenvalue weighted by molar-refractivity contribution is 5.81. The fourth-order valence-corrected chi connectivity index (χ4v) is 4.87. The van der Waals surface area contributed by atoms with E-state index in [0.29, 0.717) is 38.6 Å². The van der Waals surface area contributed by atoms with Crippen molar-refractivity contribution >= 4 is 23.5 Å². The lowest BCUT2D eigenvalue weighted by atomic mass is 10.1. The van der Waals surface area contributed by atoms with Crippen molar-refractivity contribution in [2.45, 2.75) is 51.4 Å². The van der Waals surface area contributed by atoms with E-state index in [1.54, 1.807) is 26.7 Å². The summed E-state index contributed by atoms with van der Waals surface area (Å²) in [6, 6.07) is 5.92. The maximum Gasteiger partial charge on any atom is 0.410 e. The number of likely N-dealkylation sites (tertiary alicyclic amines) is 1. The molecule has 194 valence electrons. The summed E-state index contributed by atoms with van der Waals surface area (Å²) in [6.07, 6.45) is 7.31. The van der Waals surface area contributed by atoms with Gasteiger partial charge in [0.25, 0.3) is 0 Å². The van der Waals surface area contributed by atoms with Crippen LogP contribution in [0.1, 0.15) is 33.1 Å². The molecular weight excluding hydrogens is 474 g/mol. The molecule has 3 aromatic heterocycles. The van der Waals surface area contributed by atoms with Gasteiger partial charge in [0.15, 0.2) is 5.65 Å². The summed E-state index contributed by atoms with van der Waals surface area (Å²) in [4.78, 5) is 39.9. The molecule has 3 aliphatic rings. The number of carbonyl (C=O) groups is 2. The summed E-state index contributed by atoms with van der Waals surface area (Å²) >= 11 is 0. The van der Waals surface area contributed by atoms with Crippen molar-refractivity contribution in [3.05, 3.63) is 36.8 Å². The fourth-order valence-electron chi connectivity index (χ4n) is 4.87. The van der Waals surface area contributed by atoms with Crippen molar-refractivity contribution in [3.8, 4) is 17.0 Å². The average molecular weight is 506 g/mol.